The quantitative estimate of drug-likeness (QED) is 0.887. The van der Waals surface area contributed by atoms with Gasteiger partial charge in [-0.1, -0.05) is 30.3 Å². The fourth-order valence-corrected chi connectivity index (χ4v) is 2.83. The van der Waals surface area contributed by atoms with Gasteiger partial charge in [0.2, 0.25) is 0 Å². The van der Waals surface area contributed by atoms with Gasteiger partial charge in [-0.15, -0.1) is 11.3 Å². The van der Waals surface area contributed by atoms with E-state index >= 15 is 0 Å². The Bertz CT molecular complexity index is 565. The van der Waals surface area contributed by atoms with Crippen molar-refractivity contribution in [3.05, 3.63) is 57.8 Å². The number of thiophene rings is 1. The van der Waals surface area contributed by atoms with Crippen LogP contribution in [0, 0.1) is 6.92 Å². The van der Waals surface area contributed by atoms with E-state index in [9.17, 15) is 9.90 Å². The molecular weight excluding hydrogens is 270 g/mol. The Morgan fingerprint density at radius 1 is 1.25 bits per heavy atom. The zero-order chi connectivity index (χ0) is 14.5. The van der Waals surface area contributed by atoms with E-state index in [1.807, 2.05) is 56.3 Å². The normalized spacial score (nSPS) is 13.8. The maximum Gasteiger partial charge on any atom is 0.261 e. The van der Waals surface area contributed by atoms with Gasteiger partial charge in [0.1, 0.15) is 0 Å². The summed E-state index contributed by atoms with van der Waals surface area (Å²) in [5, 5.41) is 13.1. The van der Waals surface area contributed by atoms with Crippen molar-refractivity contribution < 1.29 is 9.90 Å². The molecule has 1 aromatic carbocycles. The third-order valence-corrected chi connectivity index (χ3v) is 4.10. The van der Waals surface area contributed by atoms with Crippen molar-refractivity contribution in [1.82, 2.24) is 5.32 Å². The van der Waals surface area contributed by atoms with E-state index in [-0.39, 0.29) is 11.9 Å². The molecule has 1 amide bonds. The first-order valence-electron chi connectivity index (χ1n) is 6.66. The molecule has 1 heterocycles. The highest BCUT2D eigenvalue weighted by Crippen LogP contribution is 2.19. The van der Waals surface area contributed by atoms with Gasteiger partial charge in [0.25, 0.3) is 5.91 Å². The van der Waals surface area contributed by atoms with Gasteiger partial charge in [0.05, 0.1) is 11.0 Å². The number of nitrogens with one attached hydrogen (secondary N) is 1. The average Bonchev–Trinajstić information content (AvgIpc) is 2.86. The molecule has 0 radical (unpaired) electrons. The standard InChI is InChI=1S/C16H19NO2S/c1-11(10-14(18)13-6-4-3-5-7-13)17-16(19)15-9-8-12(2)20-15/h3-9,11,14,18H,10H2,1-2H3,(H,17,19)/t11-,14+/m0/s1. The SMILES string of the molecule is Cc1ccc(C(=O)N[C@@H](C)C[C@@H](O)c2ccccc2)s1. The van der Waals surface area contributed by atoms with E-state index in [2.05, 4.69) is 5.32 Å². The van der Waals surface area contributed by atoms with Gasteiger partial charge >= 0.3 is 0 Å². The maximum atomic E-state index is 12.0. The van der Waals surface area contributed by atoms with Crippen LogP contribution in [0.1, 0.15) is 39.6 Å². The summed E-state index contributed by atoms with van der Waals surface area (Å²) < 4.78 is 0. The van der Waals surface area contributed by atoms with Gasteiger partial charge in [0, 0.05) is 10.9 Å². The van der Waals surface area contributed by atoms with E-state index in [4.69, 9.17) is 0 Å². The molecule has 0 unspecified atom stereocenters. The zero-order valence-electron chi connectivity index (χ0n) is 11.7. The Labute approximate surface area is 123 Å². The number of hydrogen-bond donors (Lipinski definition) is 2. The van der Waals surface area contributed by atoms with Crippen LogP contribution in [0.5, 0.6) is 0 Å². The Morgan fingerprint density at radius 3 is 2.55 bits per heavy atom. The Hall–Kier alpha value is -1.65. The monoisotopic (exact) mass is 289 g/mol. The summed E-state index contributed by atoms with van der Waals surface area (Å²) in [6.07, 6.45) is -0.0586. The number of hydrogen-bond acceptors (Lipinski definition) is 3. The lowest BCUT2D eigenvalue weighted by molar-refractivity contribution is 0.0921. The number of carbonyl (C=O) groups excluding carboxylic acids is 1. The second kappa shape index (κ2) is 6.68. The highest BCUT2D eigenvalue weighted by atomic mass is 32.1. The van der Waals surface area contributed by atoms with Crippen molar-refractivity contribution in [3.63, 3.8) is 0 Å². The highest BCUT2D eigenvalue weighted by molar-refractivity contribution is 7.13. The molecule has 20 heavy (non-hydrogen) atoms. The largest absolute Gasteiger partial charge is 0.388 e. The van der Waals surface area contributed by atoms with Crippen molar-refractivity contribution in [2.45, 2.75) is 32.4 Å². The first-order chi connectivity index (χ1) is 9.56. The zero-order valence-corrected chi connectivity index (χ0v) is 12.5. The molecule has 0 aliphatic carbocycles. The fraction of sp³-hybridized carbons (Fsp3) is 0.312. The lowest BCUT2D eigenvalue weighted by atomic mass is 10.0. The Kier molecular flexibility index (Phi) is 4.93. The van der Waals surface area contributed by atoms with Gasteiger partial charge in [-0.25, -0.2) is 0 Å². The molecule has 0 fully saturated rings. The molecule has 0 bridgehead atoms. The number of aliphatic hydroxyl groups excluding tert-OH is 1. The number of aryl methyl sites for hydroxylation is 1. The molecule has 0 saturated carbocycles. The molecule has 1 aromatic heterocycles. The molecule has 2 atom stereocenters. The molecule has 0 saturated heterocycles. The minimum Gasteiger partial charge on any atom is -0.388 e. The number of benzene rings is 1. The number of rotatable bonds is 5. The first kappa shape index (κ1) is 14.8. The molecule has 4 heteroatoms. The molecular formula is C16H19NO2S. The lowest BCUT2D eigenvalue weighted by Gasteiger charge is -2.17. The summed E-state index contributed by atoms with van der Waals surface area (Å²) in [6, 6.07) is 13.2. The minimum atomic E-state index is -0.559. The summed E-state index contributed by atoms with van der Waals surface area (Å²) in [5.74, 6) is -0.0733. The molecule has 2 rings (SSSR count). The fourth-order valence-electron chi connectivity index (χ4n) is 2.06. The molecule has 2 N–H and O–H groups in total. The second-order valence-electron chi connectivity index (χ2n) is 4.95. The number of carbonyl (C=O) groups is 1. The van der Waals surface area contributed by atoms with Gasteiger partial charge in [-0.3, -0.25) is 4.79 Å². The summed E-state index contributed by atoms with van der Waals surface area (Å²) in [6.45, 7) is 3.88. The lowest BCUT2D eigenvalue weighted by Crippen LogP contribution is -2.33. The highest BCUT2D eigenvalue weighted by Gasteiger charge is 2.15. The summed E-state index contributed by atoms with van der Waals surface area (Å²) in [7, 11) is 0. The van der Waals surface area contributed by atoms with Crippen LogP contribution in [0.25, 0.3) is 0 Å². The van der Waals surface area contributed by atoms with Gasteiger partial charge in [-0.2, -0.15) is 0 Å². The van der Waals surface area contributed by atoms with E-state index < -0.39 is 6.10 Å². The van der Waals surface area contributed by atoms with Crippen LogP contribution in [0.2, 0.25) is 0 Å². The molecule has 2 aromatic rings. The molecule has 0 aliphatic rings. The second-order valence-corrected chi connectivity index (χ2v) is 6.23. The summed E-state index contributed by atoms with van der Waals surface area (Å²) in [4.78, 5) is 13.8. The van der Waals surface area contributed by atoms with Crippen LogP contribution in [-0.2, 0) is 0 Å². The van der Waals surface area contributed by atoms with Crippen LogP contribution in [-0.4, -0.2) is 17.1 Å². The van der Waals surface area contributed by atoms with E-state index in [0.717, 1.165) is 10.4 Å². The van der Waals surface area contributed by atoms with Crippen molar-refractivity contribution in [2.75, 3.05) is 0 Å². The van der Waals surface area contributed by atoms with Gasteiger partial charge in [0.15, 0.2) is 0 Å². The van der Waals surface area contributed by atoms with Gasteiger partial charge in [-0.05, 0) is 38.0 Å². The predicted molar refractivity (Wildman–Crippen MR) is 82.0 cm³/mol. The van der Waals surface area contributed by atoms with Crippen LogP contribution in [0.15, 0.2) is 42.5 Å². The third-order valence-electron chi connectivity index (χ3n) is 3.10. The smallest absolute Gasteiger partial charge is 0.261 e. The molecule has 106 valence electrons. The third kappa shape index (κ3) is 3.92. The van der Waals surface area contributed by atoms with E-state index in [0.29, 0.717) is 11.3 Å². The average molecular weight is 289 g/mol. The number of aliphatic hydroxyl groups is 1. The van der Waals surface area contributed by atoms with Crippen LogP contribution in [0.3, 0.4) is 0 Å². The van der Waals surface area contributed by atoms with Crippen LogP contribution < -0.4 is 5.32 Å². The topological polar surface area (TPSA) is 49.3 Å². The Morgan fingerprint density at radius 2 is 1.95 bits per heavy atom. The van der Waals surface area contributed by atoms with Crippen LogP contribution in [0.4, 0.5) is 0 Å². The summed E-state index contributed by atoms with van der Waals surface area (Å²) in [5.41, 5.74) is 0.876. The van der Waals surface area contributed by atoms with Crippen molar-refractivity contribution >= 4 is 17.2 Å². The molecule has 0 aliphatic heterocycles. The maximum absolute atomic E-state index is 12.0. The van der Waals surface area contributed by atoms with E-state index in [1.54, 1.807) is 0 Å². The van der Waals surface area contributed by atoms with E-state index in [1.165, 1.54) is 11.3 Å². The predicted octanol–water partition coefficient (Wildman–Crippen LogP) is 3.30. The molecule has 0 spiro atoms. The van der Waals surface area contributed by atoms with Crippen molar-refractivity contribution in [3.8, 4) is 0 Å². The summed E-state index contributed by atoms with van der Waals surface area (Å²) >= 11 is 1.48. The number of amides is 1. The minimum absolute atomic E-state index is 0.0733. The Balaban J connectivity index is 1.89. The van der Waals surface area contributed by atoms with Gasteiger partial charge < -0.3 is 10.4 Å². The van der Waals surface area contributed by atoms with Crippen LogP contribution >= 0.6 is 11.3 Å². The van der Waals surface area contributed by atoms with Crippen molar-refractivity contribution in [1.29, 1.82) is 0 Å². The van der Waals surface area contributed by atoms with Crippen molar-refractivity contribution in [2.24, 2.45) is 0 Å². The first-order valence-corrected chi connectivity index (χ1v) is 7.48. The molecule has 3 nitrogen and oxygen atoms in total.